The van der Waals surface area contributed by atoms with Crippen molar-refractivity contribution in [2.75, 3.05) is 14.2 Å². The van der Waals surface area contributed by atoms with Gasteiger partial charge in [-0.1, -0.05) is 0 Å². The number of nitrogens with zero attached hydrogens (tertiary/aromatic N) is 4. The summed E-state index contributed by atoms with van der Waals surface area (Å²) in [5, 5.41) is 7.45. The standard InChI is InChI=1S/C24H23N5O3/c1-29-22(13-21(28-29)19-12-18(31-2)6-7-23(19)32-3)24(30)27-14-16-8-10-26-20(11-16)17-5-4-9-25-15-17/h4-13,15H,14H2,1-3H3,(H,27,30). The molecule has 1 N–H and O–H groups in total. The van der Waals surface area contributed by atoms with Crippen LogP contribution in [0.5, 0.6) is 11.5 Å². The van der Waals surface area contributed by atoms with Gasteiger partial charge in [-0.05, 0) is 54.1 Å². The number of hydrogen-bond donors (Lipinski definition) is 1. The Bertz CT molecular complexity index is 1240. The fraction of sp³-hybridized carbons (Fsp3) is 0.167. The Labute approximate surface area is 185 Å². The summed E-state index contributed by atoms with van der Waals surface area (Å²) in [6.07, 6.45) is 5.20. The number of carbonyl (C=O) groups is 1. The van der Waals surface area contributed by atoms with Crippen molar-refractivity contribution in [3.05, 3.63) is 78.4 Å². The van der Waals surface area contributed by atoms with Gasteiger partial charge in [0.2, 0.25) is 0 Å². The molecule has 4 aromatic rings. The zero-order valence-corrected chi connectivity index (χ0v) is 18.1. The van der Waals surface area contributed by atoms with Crippen molar-refractivity contribution in [2.45, 2.75) is 6.54 Å². The first-order valence-electron chi connectivity index (χ1n) is 9.99. The molecule has 1 aromatic carbocycles. The lowest BCUT2D eigenvalue weighted by Crippen LogP contribution is -2.25. The number of ether oxygens (including phenoxy) is 2. The van der Waals surface area contributed by atoms with Crippen molar-refractivity contribution in [2.24, 2.45) is 7.05 Å². The van der Waals surface area contributed by atoms with Crippen LogP contribution in [-0.2, 0) is 13.6 Å². The summed E-state index contributed by atoms with van der Waals surface area (Å²) in [5.41, 5.74) is 4.46. The van der Waals surface area contributed by atoms with Crippen LogP contribution in [-0.4, -0.2) is 39.9 Å². The average molecular weight is 429 g/mol. The lowest BCUT2D eigenvalue weighted by atomic mass is 10.1. The van der Waals surface area contributed by atoms with Gasteiger partial charge in [-0.2, -0.15) is 5.10 Å². The summed E-state index contributed by atoms with van der Waals surface area (Å²) in [7, 11) is 4.93. The molecule has 0 aliphatic carbocycles. The summed E-state index contributed by atoms with van der Waals surface area (Å²) < 4.78 is 12.3. The summed E-state index contributed by atoms with van der Waals surface area (Å²) in [5.74, 6) is 1.10. The maximum absolute atomic E-state index is 12.9. The first-order chi connectivity index (χ1) is 15.6. The van der Waals surface area contributed by atoms with Crippen molar-refractivity contribution in [3.8, 4) is 34.0 Å². The molecule has 1 amide bonds. The minimum atomic E-state index is -0.229. The van der Waals surface area contributed by atoms with Gasteiger partial charge in [-0.3, -0.25) is 19.4 Å². The number of aromatic nitrogens is 4. The molecule has 0 atom stereocenters. The molecule has 0 radical (unpaired) electrons. The summed E-state index contributed by atoms with van der Waals surface area (Å²) in [4.78, 5) is 21.4. The second-order valence-electron chi connectivity index (χ2n) is 7.08. The molecule has 0 spiro atoms. The first kappa shape index (κ1) is 21.0. The Balaban J connectivity index is 1.52. The van der Waals surface area contributed by atoms with Crippen molar-refractivity contribution < 1.29 is 14.3 Å². The van der Waals surface area contributed by atoms with Crippen LogP contribution in [0.2, 0.25) is 0 Å². The van der Waals surface area contributed by atoms with Crippen molar-refractivity contribution in [3.63, 3.8) is 0 Å². The number of methoxy groups -OCH3 is 2. The Morgan fingerprint density at radius 1 is 1.03 bits per heavy atom. The molecule has 32 heavy (non-hydrogen) atoms. The number of nitrogens with one attached hydrogen (secondary N) is 1. The van der Waals surface area contributed by atoms with Gasteiger partial charge in [0.1, 0.15) is 17.2 Å². The van der Waals surface area contributed by atoms with Crippen molar-refractivity contribution in [1.29, 1.82) is 0 Å². The van der Waals surface area contributed by atoms with Gasteiger partial charge in [-0.25, -0.2) is 0 Å². The van der Waals surface area contributed by atoms with Gasteiger partial charge in [-0.15, -0.1) is 0 Å². The molecule has 3 heterocycles. The normalized spacial score (nSPS) is 10.6. The Kier molecular flexibility index (Phi) is 6.12. The number of aryl methyl sites for hydroxylation is 1. The van der Waals surface area contributed by atoms with E-state index in [0.29, 0.717) is 29.4 Å². The van der Waals surface area contributed by atoms with E-state index < -0.39 is 0 Å². The number of rotatable bonds is 7. The van der Waals surface area contributed by atoms with E-state index in [1.54, 1.807) is 50.6 Å². The smallest absolute Gasteiger partial charge is 0.269 e. The SMILES string of the molecule is COc1ccc(OC)c(-c2cc(C(=O)NCc3ccnc(-c4cccnc4)c3)n(C)n2)c1. The van der Waals surface area contributed by atoms with Crippen LogP contribution in [0.15, 0.2) is 67.1 Å². The number of carbonyl (C=O) groups excluding carboxylic acids is 1. The third kappa shape index (κ3) is 4.44. The predicted molar refractivity (Wildman–Crippen MR) is 120 cm³/mol. The van der Waals surface area contributed by atoms with Crippen LogP contribution in [0.25, 0.3) is 22.5 Å². The summed E-state index contributed by atoms with van der Waals surface area (Å²) in [6.45, 7) is 0.359. The van der Waals surface area contributed by atoms with E-state index in [1.165, 1.54) is 0 Å². The molecule has 0 saturated carbocycles. The van der Waals surface area contributed by atoms with E-state index in [0.717, 1.165) is 22.4 Å². The van der Waals surface area contributed by atoms with Crippen LogP contribution in [0, 0.1) is 0 Å². The van der Waals surface area contributed by atoms with Crippen molar-refractivity contribution in [1.82, 2.24) is 25.1 Å². The average Bonchev–Trinajstić information content (AvgIpc) is 3.24. The Hall–Kier alpha value is -4.20. The van der Waals surface area contributed by atoms with E-state index in [1.807, 2.05) is 42.5 Å². The minimum absolute atomic E-state index is 0.229. The highest BCUT2D eigenvalue weighted by Crippen LogP contribution is 2.33. The predicted octanol–water partition coefficient (Wildman–Crippen LogP) is 3.49. The van der Waals surface area contributed by atoms with Gasteiger partial charge in [0.15, 0.2) is 0 Å². The van der Waals surface area contributed by atoms with Crippen molar-refractivity contribution >= 4 is 5.91 Å². The molecule has 3 aromatic heterocycles. The third-order valence-electron chi connectivity index (χ3n) is 5.03. The van der Waals surface area contributed by atoms with Gasteiger partial charge in [0.05, 0.1) is 25.6 Å². The fourth-order valence-corrected chi connectivity index (χ4v) is 3.35. The third-order valence-corrected chi connectivity index (χ3v) is 5.03. The highest BCUT2D eigenvalue weighted by Gasteiger charge is 2.17. The largest absolute Gasteiger partial charge is 0.497 e. The lowest BCUT2D eigenvalue weighted by molar-refractivity contribution is 0.0941. The Morgan fingerprint density at radius 2 is 1.91 bits per heavy atom. The van der Waals surface area contributed by atoms with Crippen LogP contribution in [0.3, 0.4) is 0 Å². The maximum atomic E-state index is 12.9. The van der Waals surface area contributed by atoms with Gasteiger partial charge >= 0.3 is 0 Å². The molecule has 0 fully saturated rings. The molecule has 8 nitrogen and oxygen atoms in total. The number of benzene rings is 1. The zero-order valence-electron chi connectivity index (χ0n) is 18.1. The fourth-order valence-electron chi connectivity index (χ4n) is 3.35. The summed E-state index contributed by atoms with van der Waals surface area (Å²) in [6, 6.07) is 14.8. The number of hydrogen-bond acceptors (Lipinski definition) is 6. The van der Waals surface area contributed by atoms with Gasteiger partial charge in [0.25, 0.3) is 5.91 Å². The van der Waals surface area contributed by atoms with E-state index in [-0.39, 0.29) is 5.91 Å². The number of amides is 1. The molecule has 0 bridgehead atoms. The van der Waals surface area contributed by atoms with Crippen LogP contribution < -0.4 is 14.8 Å². The molecule has 0 aliphatic rings. The topological polar surface area (TPSA) is 91.2 Å². The highest BCUT2D eigenvalue weighted by atomic mass is 16.5. The van der Waals surface area contributed by atoms with E-state index in [2.05, 4.69) is 20.4 Å². The molecule has 0 aliphatic heterocycles. The van der Waals surface area contributed by atoms with E-state index in [9.17, 15) is 4.79 Å². The van der Waals surface area contributed by atoms with Gasteiger partial charge in [0, 0.05) is 43.3 Å². The molecule has 8 heteroatoms. The molecule has 0 unspecified atom stereocenters. The quantitative estimate of drug-likeness (QED) is 0.484. The second kappa shape index (κ2) is 9.30. The van der Waals surface area contributed by atoms with Crippen LogP contribution in [0.1, 0.15) is 16.1 Å². The molecular weight excluding hydrogens is 406 g/mol. The monoisotopic (exact) mass is 429 g/mol. The molecular formula is C24H23N5O3. The van der Waals surface area contributed by atoms with E-state index >= 15 is 0 Å². The second-order valence-corrected chi connectivity index (χ2v) is 7.08. The Morgan fingerprint density at radius 3 is 2.66 bits per heavy atom. The lowest BCUT2D eigenvalue weighted by Gasteiger charge is -2.08. The highest BCUT2D eigenvalue weighted by molar-refractivity contribution is 5.94. The van der Waals surface area contributed by atoms with Gasteiger partial charge < -0.3 is 14.8 Å². The molecule has 4 rings (SSSR count). The summed E-state index contributed by atoms with van der Waals surface area (Å²) >= 11 is 0. The molecule has 0 saturated heterocycles. The minimum Gasteiger partial charge on any atom is -0.497 e. The van der Waals surface area contributed by atoms with Crippen LogP contribution in [0.4, 0.5) is 0 Å². The zero-order chi connectivity index (χ0) is 22.5. The van der Waals surface area contributed by atoms with Crippen LogP contribution >= 0.6 is 0 Å². The maximum Gasteiger partial charge on any atom is 0.269 e. The number of pyridine rings is 2. The van der Waals surface area contributed by atoms with E-state index in [4.69, 9.17) is 9.47 Å². The first-order valence-corrected chi connectivity index (χ1v) is 9.99. The molecule has 162 valence electrons.